The second kappa shape index (κ2) is 7.04. The molecule has 0 aliphatic carbocycles. The van der Waals surface area contributed by atoms with Crippen LogP contribution in [0.2, 0.25) is 0 Å². The lowest BCUT2D eigenvalue weighted by atomic mass is 10.2. The number of morpholine rings is 1. The normalized spacial score (nSPS) is 14.8. The predicted octanol–water partition coefficient (Wildman–Crippen LogP) is 0.431. The molecule has 7 nitrogen and oxygen atoms in total. The molecule has 1 fully saturated rings. The van der Waals surface area contributed by atoms with Crippen LogP contribution in [-0.2, 0) is 22.6 Å². The highest BCUT2D eigenvalue weighted by molar-refractivity contribution is 5.75. The van der Waals surface area contributed by atoms with E-state index in [4.69, 9.17) is 4.74 Å². The molecule has 116 valence electrons. The van der Waals surface area contributed by atoms with Gasteiger partial charge in [0.2, 0.25) is 5.91 Å². The fourth-order valence-electron chi connectivity index (χ4n) is 2.33. The Morgan fingerprint density at radius 1 is 1.32 bits per heavy atom. The van der Waals surface area contributed by atoms with Gasteiger partial charge in [0.15, 0.2) is 0 Å². The number of amides is 1. The SMILES string of the molecule is O=C(Cn1cccn1)NCc1ccnc(N2CCOCC2)c1. The minimum Gasteiger partial charge on any atom is -0.378 e. The number of hydrogen-bond donors (Lipinski definition) is 1. The highest BCUT2D eigenvalue weighted by atomic mass is 16.5. The van der Waals surface area contributed by atoms with E-state index in [1.54, 1.807) is 29.3 Å². The van der Waals surface area contributed by atoms with Gasteiger partial charge in [0.25, 0.3) is 0 Å². The Labute approximate surface area is 128 Å². The molecule has 0 saturated carbocycles. The zero-order chi connectivity index (χ0) is 15.2. The third kappa shape index (κ3) is 3.82. The quantitative estimate of drug-likeness (QED) is 0.867. The van der Waals surface area contributed by atoms with E-state index in [1.807, 2.05) is 12.1 Å². The molecule has 22 heavy (non-hydrogen) atoms. The number of anilines is 1. The molecule has 0 unspecified atom stereocenters. The fourth-order valence-corrected chi connectivity index (χ4v) is 2.33. The van der Waals surface area contributed by atoms with Gasteiger partial charge in [0, 0.05) is 38.2 Å². The summed E-state index contributed by atoms with van der Waals surface area (Å²) in [6, 6.07) is 5.72. The number of aromatic nitrogens is 3. The average molecular weight is 301 g/mol. The lowest BCUT2D eigenvalue weighted by Crippen LogP contribution is -2.36. The highest BCUT2D eigenvalue weighted by Crippen LogP contribution is 2.14. The van der Waals surface area contributed by atoms with Gasteiger partial charge in [-0.2, -0.15) is 5.10 Å². The van der Waals surface area contributed by atoms with Gasteiger partial charge in [0.05, 0.1) is 13.2 Å². The molecule has 1 saturated heterocycles. The topological polar surface area (TPSA) is 72.3 Å². The molecule has 0 atom stereocenters. The molecule has 3 heterocycles. The Balaban J connectivity index is 1.54. The summed E-state index contributed by atoms with van der Waals surface area (Å²) in [5, 5.41) is 6.91. The number of nitrogens with one attached hydrogen (secondary N) is 1. The molecule has 1 amide bonds. The summed E-state index contributed by atoms with van der Waals surface area (Å²) < 4.78 is 6.94. The van der Waals surface area contributed by atoms with Crippen LogP contribution in [0, 0.1) is 0 Å². The smallest absolute Gasteiger partial charge is 0.241 e. The van der Waals surface area contributed by atoms with Gasteiger partial charge in [-0.05, 0) is 23.8 Å². The van der Waals surface area contributed by atoms with Crippen molar-refractivity contribution in [3.63, 3.8) is 0 Å². The van der Waals surface area contributed by atoms with Crippen molar-refractivity contribution in [1.82, 2.24) is 20.1 Å². The molecule has 2 aromatic heterocycles. The van der Waals surface area contributed by atoms with Gasteiger partial charge in [-0.25, -0.2) is 4.98 Å². The molecule has 1 aliphatic rings. The summed E-state index contributed by atoms with van der Waals surface area (Å²) in [5.41, 5.74) is 1.03. The molecule has 0 bridgehead atoms. The largest absolute Gasteiger partial charge is 0.378 e. The van der Waals surface area contributed by atoms with E-state index in [1.165, 1.54) is 0 Å². The molecule has 2 aromatic rings. The number of pyridine rings is 1. The van der Waals surface area contributed by atoms with Crippen LogP contribution in [0.3, 0.4) is 0 Å². The first-order valence-corrected chi connectivity index (χ1v) is 7.33. The lowest BCUT2D eigenvalue weighted by molar-refractivity contribution is -0.122. The molecule has 0 spiro atoms. The number of ether oxygens (including phenoxy) is 1. The summed E-state index contributed by atoms with van der Waals surface area (Å²) in [6.07, 6.45) is 5.20. The molecular formula is C15H19N5O2. The summed E-state index contributed by atoms with van der Waals surface area (Å²) in [5.74, 6) is 0.871. The van der Waals surface area contributed by atoms with Crippen LogP contribution in [-0.4, -0.2) is 47.0 Å². The van der Waals surface area contributed by atoms with Crippen molar-refractivity contribution in [2.45, 2.75) is 13.1 Å². The maximum Gasteiger partial charge on any atom is 0.241 e. The monoisotopic (exact) mass is 301 g/mol. The van der Waals surface area contributed by atoms with Crippen LogP contribution in [0.25, 0.3) is 0 Å². The van der Waals surface area contributed by atoms with E-state index >= 15 is 0 Å². The van der Waals surface area contributed by atoms with Crippen molar-refractivity contribution < 1.29 is 9.53 Å². The van der Waals surface area contributed by atoms with Crippen LogP contribution in [0.4, 0.5) is 5.82 Å². The lowest BCUT2D eigenvalue weighted by Gasteiger charge is -2.28. The molecule has 0 radical (unpaired) electrons. The Bertz CT molecular complexity index is 608. The highest BCUT2D eigenvalue weighted by Gasteiger charge is 2.12. The number of carbonyl (C=O) groups excluding carboxylic acids is 1. The van der Waals surface area contributed by atoms with Crippen LogP contribution in [0.5, 0.6) is 0 Å². The first-order valence-electron chi connectivity index (χ1n) is 7.33. The van der Waals surface area contributed by atoms with E-state index < -0.39 is 0 Å². The van der Waals surface area contributed by atoms with Crippen LogP contribution in [0.1, 0.15) is 5.56 Å². The van der Waals surface area contributed by atoms with Crippen LogP contribution < -0.4 is 10.2 Å². The zero-order valence-electron chi connectivity index (χ0n) is 12.3. The minimum absolute atomic E-state index is 0.0616. The number of rotatable bonds is 5. The van der Waals surface area contributed by atoms with Crippen molar-refractivity contribution in [3.05, 3.63) is 42.4 Å². The molecular weight excluding hydrogens is 282 g/mol. The van der Waals surface area contributed by atoms with E-state index in [-0.39, 0.29) is 12.5 Å². The van der Waals surface area contributed by atoms with Crippen molar-refractivity contribution in [3.8, 4) is 0 Å². The second-order valence-corrected chi connectivity index (χ2v) is 5.10. The molecule has 0 aromatic carbocycles. The first-order chi connectivity index (χ1) is 10.8. The van der Waals surface area contributed by atoms with Crippen LogP contribution >= 0.6 is 0 Å². The van der Waals surface area contributed by atoms with Gasteiger partial charge in [-0.1, -0.05) is 0 Å². The van der Waals surface area contributed by atoms with Crippen molar-refractivity contribution >= 4 is 11.7 Å². The van der Waals surface area contributed by atoms with E-state index in [0.29, 0.717) is 6.54 Å². The fraction of sp³-hybridized carbons (Fsp3) is 0.400. The molecule has 3 rings (SSSR count). The maximum atomic E-state index is 11.9. The molecule has 1 N–H and O–H groups in total. The van der Waals surface area contributed by atoms with Crippen molar-refractivity contribution in [2.75, 3.05) is 31.2 Å². The van der Waals surface area contributed by atoms with E-state index in [9.17, 15) is 4.79 Å². The van der Waals surface area contributed by atoms with E-state index in [0.717, 1.165) is 37.7 Å². The number of hydrogen-bond acceptors (Lipinski definition) is 5. The summed E-state index contributed by atoms with van der Waals surface area (Å²) >= 11 is 0. The summed E-state index contributed by atoms with van der Waals surface area (Å²) in [6.45, 7) is 3.87. The summed E-state index contributed by atoms with van der Waals surface area (Å²) in [4.78, 5) is 18.4. The third-order valence-electron chi connectivity index (χ3n) is 3.50. The molecule has 1 aliphatic heterocycles. The van der Waals surface area contributed by atoms with Crippen LogP contribution in [0.15, 0.2) is 36.8 Å². The Hall–Kier alpha value is -2.41. The Morgan fingerprint density at radius 3 is 2.95 bits per heavy atom. The minimum atomic E-state index is -0.0616. The van der Waals surface area contributed by atoms with Gasteiger partial charge < -0.3 is 15.0 Å². The first kappa shape index (κ1) is 14.5. The molecule has 7 heteroatoms. The third-order valence-corrected chi connectivity index (χ3v) is 3.50. The standard InChI is InChI=1S/C15H19N5O2/c21-15(12-20-5-1-3-18-20)17-11-13-2-4-16-14(10-13)19-6-8-22-9-7-19/h1-5,10H,6-9,11-12H2,(H,17,21). The second-order valence-electron chi connectivity index (χ2n) is 5.10. The summed E-state index contributed by atoms with van der Waals surface area (Å²) in [7, 11) is 0. The van der Waals surface area contributed by atoms with Gasteiger partial charge >= 0.3 is 0 Å². The maximum absolute atomic E-state index is 11.9. The average Bonchev–Trinajstić information content (AvgIpc) is 3.07. The number of nitrogens with zero attached hydrogens (tertiary/aromatic N) is 4. The Morgan fingerprint density at radius 2 is 2.18 bits per heavy atom. The number of carbonyl (C=O) groups is 1. The predicted molar refractivity (Wildman–Crippen MR) is 81.3 cm³/mol. The van der Waals surface area contributed by atoms with Gasteiger partial charge in [0.1, 0.15) is 12.4 Å². The van der Waals surface area contributed by atoms with E-state index in [2.05, 4.69) is 20.3 Å². The van der Waals surface area contributed by atoms with Crippen molar-refractivity contribution in [1.29, 1.82) is 0 Å². The van der Waals surface area contributed by atoms with Crippen molar-refractivity contribution in [2.24, 2.45) is 0 Å². The Kier molecular flexibility index (Phi) is 4.65. The van der Waals surface area contributed by atoms with Gasteiger partial charge in [-0.15, -0.1) is 0 Å². The zero-order valence-corrected chi connectivity index (χ0v) is 12.3. The van der Waals surface area contributed by atoms with Gasteiger partial charge in [-0.3, -0.25) is 9.48 Å².